The van der Waals surface area contributed by atoms with Gasteiger partial charge in [-0.1, -0.05) is 18.2 Å². The number of phenolic OH excluding ortho intramolecular Hbond substituents is 1. The minimum Gasteiger partial charge on any atom is -0.503 e. The molecule has 3 rings (SSSR count). The summed E-state index contributed by atoms with van der Waals surface area (Å²) in [7, 11) is 1.42. The molecule has 6 nitrogen and oxygen atoms in total. The number of carbonyl (C=O) groups excluding carboxylic acids is 2. The van der Waals surface area contributed by atoms with Gasteiger partial charge in [-0.05, 0) is 61.7 Å². The van der Waals surface area contributed by atoms with E-state index >= 15 is 0 Å². The Hall–Kier alpha value is -2.32. The Labute approximate surface area is 160 Å². The van der Waals surface area contributed by atoms with Gasteiger partial charge in [0.05, 0.1) is 17.3 Å². The summed E-state index contributed by atoms with van der Waals surface area (Å²) in [6, 6.07) is 9.88. The van der Waals surface area contributed by atoms with Crippen LogP contribution >= 0.6 is 31.9 Å². The van der Waals surface area contributed by atoms with Crippen molar-refractivity contribution in [1.82, 2.24) is 5.32 Å². The lowest BCUT2D eigenvalue weighted by molar-refractivity contribution is -0.115. The SMILES string of the molecule is COc1cc(/C=C2\C(=O)NC(=O)N2c2ccccc2)c(Br)c(Br)c1O. The van der Waals surface area contributed by atoms with Crippen LogP contribution in [-0.4, -0.2) is 24.2 Å². The van der Waals surface area contributed by atoms with Gasteiger partial charge in [-0.3, -0.25) is 15.0 Å². The minimum absolute atomic E-state index is 0.0663. The highest BCUT2D eigenvalue weighted by atomic mass is 79.9. The first-order valence-corrected chi connectivity index (χ1v) is 8.69. The maximum absolute atomic E-state index is 12.2. The van der Waals surface area contributed by atoms with Gasteiger partial charge in [-0.2, -0.15) is 0 Å². The van der Waals surface area contributed by atoms with Crippen LogP contribution in [0.5, 0.6) is 11.5 Å². The Bertz CT molecular complexity index is 897. The molecular formula is C17H12Br2N2O4. The van der Waals surface area contributed by atoms with Crippen molar-refractivity contribution < 1.29 is 19.4 Å². The van der Waals surface area contributed by atoms with E-state index < -0.39 is 11.9 Å². The molecular weight excluding hydrogens is 456 g/mol. The third-order valence-corrected chi connectivity index (χ3v) is 5.76. The van der Waals surface area contributed by atoms with Crippen LogP contribution in [0.15, 0.2) is 51.0 Å². The van der Waals surface area contributed by atoms with Gasteiger partial charge < -0.3 is 9.84 Å². The summed E-state index contributed by atoms with van der Waals surface area (Å²) in [5, 5.41) is 12.3. The van der Waals surface area contributed by atoms with E-state index in [1.165, 1.54) is 12.0 Å². The van der Waals surface area contributed by atoms with Crippen molar-refractivity contribution in [3.8, 4) is 11.5 Å². The topological polar surface area (TPSA) is 78.9 Å². The molecule has 0 unspecified atom stereocenters. The summed E-state index contributed by atoms with van der Waals surface area (Å²) in [4.78, 5) is 25.7. The first-order chi connectivity index (χ1) is 11.9. The summed E-state index contributed by atoms with van der Waals surface area (Å²) in [6.45, 7) is 0. The second kappa shape index (κ2) is 6.89. The van der Waals surface area contributed by atoms with Crippen LogP contribution in [0, 0.1) is 0 Å². The van der Waals surface area contributed by atoms with Crippen molar-refractivity contribution in [2.24, 2.45) is 0 Å². The summed E-state index contributed by atoms with van der Waals surface area (Å²) in [5.41, 5.74) is 1.29. The molecule has 25 heavy (non-hydrogen) atoms. The smallest absolute Gasteiger partial charge is 0.333 e. The Morgan fingerprint density at radius 2 is 1.84 bits per heavy atom. The monoisotopic (exact) mass is 466 g/mol. The largest absolute Gasteiger partial charge is 0.503 e. The lowest BCUT2D eigenvalue weighted by atomic mass is 10.1. The van der Waals surface area contributed by atoms with Crippen LogP contribution in [0.3, 0.4) is 0 Å². The van der Waals surface area contributed by atoms with Crippen molar-refractivity contribution in [2.75, 3.05) is 12.0 Å². The quantitative estimate of drug-likeness (QED) is 0.527. The number of halogens is 2. The first kappa shape index (κ1) is 17.5. The van der Waals surface area contributed by atoms with Crippen LogP contribution in [0.4, 0.5) is 10.5 Å². The molecule has 1 saturated heterocycles. The fraction of sp³-hybridized carbons (Fsp3) is 0.0588. The van der Waals surface area contributed by atoms with E-state index in [0.29, 0.717) is 20.2 Å². The van der Waals surface area contributed by atoms with Crippen molar-refractivity contribution >= 4 is 55.6 Å². The molecule has 8 heteroatoms. The van der Waals surface area contributed by atoms with Gasteiger partial charge in [-0.25, -0.2) is 4.79 Å². The molecule has 2 aromatic rings. The van der Waals surface area contributed by atoms with Crippen LogP contribution in [0.25, 0.3) is 6.08 Å². The average molecular weight is 468 g/mol. The Morgan fingerprint density at radius 3 is 2.48 bits per heavy atom. The number of nitrogens with zero attached hydrogens (tertiary/aromatic N) is 1. The van der Waals surface area contributed by atoms with Crippen molar-refractivity contribution in [1.29, 1.82) is 0 Å². The maximum Gasteiger partial charge on any atom is 0.333 e. The van der Waals surface area contributed by atoms with Crippen molar-refractivity contribution in [2.45, 2.75) is 0 Å². The number of hydrogen-bond donors (Lipinski definition) is 2. The number of para-hydroxylation sites is 1. The third-order valence-electron chi connectivity index (χ3n) is 3.60. The number of hydrogen-bond acceptors (Lipinski definition) is 4. The molecule has 0 radical (unpaired) electrons. The normalized spacial score (nSPS) is 15.6. The number of methoxy groups -OCH3 is 1. The molecule has 0 aliphatic carbocycles. The molecule has 0 spiro atoms. The molecule has 1 aliphatic heterocycles. The van der Waals surface area contributed by atoms with Gasteiger partial charge in [0, 0.05) is 4.47 Å². The predicted octanol–water partition coefficient (Wildman–Crippen LogP) is 4.02. The van der Waals surface area contributed by atoms with Gasteiger partial charge in [0.15, 0.2) is 11.5 Å². The lowest BCUT2D eigenvalue weighted by Crippen LogP contribution is -2.27. The van der Waals surface area contributed by atoms with Crippen LogP contribution in [-0.2, 0) is 4.79 Å². The molecule has 0 saturated carbocycles. The average Bonchev–Trinajstić information content (AvgIpc) is 2.89. The molecule has 0 aromatic heterocycles. The fourth-order valence-electron chi connectivity index (χ4n) is 2.41. The Balaban J connectivity index is 2.15. The van der Waals surface area contributed by atoms with Crippen LogP contribution in [0.1, 0.15) is 5.56 Å². The fourth-order valence-corrected chi connectivity index (χ4v) is 3.25. The zero-order chi connectivity index (χ0) is 18.1. The number of benzene rings is 2. The lowest BCUT2D eigenvalue weighted by Gasteiger charge is -2.16. The standard InChI is InChI=1S/C17H12Br2N2O4/c1-25-12-8-9(13(18)14(19)15(12)22)7-11-16(23)20-17(24)21(11)10-5-3-2-4-6-10/h2-8,22H,1H3,(H,20,23,24)/b11-7+. The number of rotatable bonds is 3. The molecule has 0 bridgehead atoms. The number of carbonyl (C=O) groups is 2. The number of urea groups is 1. The van der Waals surface area contributed by atoms with E-state index in [-0.39, 0.29) is 17.2 Å². The maximum atomic E-state index is 12.2. The Kier molecular flexibility index (Phi) is 4.82. The number of imide groups is 1. The van der Waals surface area contributed by atoms with Gasteiger partial charge >= 0.3 is 6.03 Å². The highest BCUT2D eigenvalue weighted by Crippen LogP contribution is 2.42. The molecule has 1 aliphatic rings. The molecule has 3 amide bonds. The molecule has 1 fully saturated rings. The van der Waals surface area contributed by atoms with E-state index in [0.717, 1.165) is 0 Å². The predicted molar refractivity (Wildman–Crippen MR) is 100 cm³/mol. The van der Waals surface area contributed by atoms with E-state index in [9.17, 15) is 14.7 Å². The Morgan fingerprint density at radius 1 is 1.16 bits per heavy atom. The number of phenols is 1. The van der Waals surface area contributed by atoms with Gasteiger partial charge in [-0.15, -0.1) is 0 Å². The van der Waals surface area contributed by atoms with E-state index in [2.05, 4.69) is 37.2 Å². The summed E-state index contributed by atoms with van der Waals surface area (Å²) < 4.78 is 6.04. The molecule has 128 valence electrons. The second-order valence-corrected chi connectivity index (χ2v) is 6.69. The minimum atomic E-state index is -0.525. The molecule has 0 atom stereocenters. The number of anilines is 1. The van der Waals surface area contributed by atoms with Crippen LogP contribution in [0.2, 0.25) is 0 Å². The number of ether oxygens (including phenoxy) is 1. The zero-order valence-electron chi connectivity index (χ0n) is 12.9. The number of amides is 3. The van der Waals surface area contributed by atoms with E-state index in [4.69, 9.17) is 4.74 Å². The summed E-state index contributed by atoms with van der Waals surface area (Å²) in [6.07, 6.45) is 1.55. The highest BCUT2D eigenvalue weighted by Gasteiger charge is 2.34. The van der Waals surface area contributed by atoms with Crippen molar-refractivity contribution in [3.63, 3.8) is 0 Å². The third kappa shape index (κ3) is 3.14. The number of aromatic hydroxyl groups is 1. The summed E-state index contributed by atoms with van der Waals surface area (Å²) in [5.74, 6) is -0.342. The molecule has 1 heterocycles. The van der Waals surface area contributed by atoms with E-state index in [1.54, 1.807) is 36.4 Å². The van der Waals surface area contributed by atoms with Crippen LogP contribution < -0.4 is 15.0 Å². The molecule has 2 N–H and O–H groups in total. The van der Waals surface area contributed by atoms with Crippen molar-refractivity contribution in [3.05, 3.63) is 56.6 Å². The first-order valence-electron chi connectivity index (χ1n) is 7.11. The zero-order valence-corrected chi connectivity index (χ0v) is 16.1. The number of nitrogens with one attached hydrogen (secondary N) is 1. The van der Waals surface area contributed by atoms with Gasteiger partial charge in [0.25, 0.3) is 5.91 Å². The molecule has 2 aromatic carbocycles. The highest BCUT2D eigenvalue weighted by molar-refractivity contribution is 9.13. The van der Waals surface area contributed by atoms with Gasteiger partial charge in [0.1, 0.15) is 5.70 Å². The summed E-state index contributed by atoms with van der Waals surface area (Å²) >= 11 is 6.64. The second-order valence-electron chi connectivity index (χ2n) is 5.10. The van der Waals surface area contributed by atoms with Gasteiger partial charge in [0.2, 0.25) is 0 Å². The van der Waals surface area contributed by atoms with E-state index in [1.807, 2.05) is 6.07 Å².